The first-order valence-electron chi connectivity index (χ1n) is 11.5. The Morgan fingerprint density at radius 1 is 1.06 bits per heavy atom. The fraction of sp³-hybridized carbons (Fsp3) is 0.400. The lowest BCUT2D eigenvalue weighted by atomic mass is 10.2. The van der Waals surface area contributed by atoms with Crippen molar-refractivity contribution in [3.05, 3.63) is 65.6 Å². The molecule has 1 aliphatic rings. The molecule has 1 fully saturated rings. The van der Waals surface area contributed by atoms with E-state index < -0.39 is 6.10 Å². The van der Waals surface area contributed by atoms with E-state index in [4.69, 9.17) is 11.6 Å². The Bertz CT molecular complexity index is 1040. The molecule has 4 rings (SSSR count). The van der Waals surface area contributed by atoms with Gasteiger partial charge in [0.1, 0.15) is 5.82 Å². The highest BCUT2D eigenvalue weighted by Crippen LogP contribution is 2.24. The summed E-state index contributed by atoms with van der Waals surface area (Å²) >= 11 is 6.05. The van der Waals surface area contributed by atoms with Crippen LogP contribution < -0.4 is 15.5 Å². The van der Waals surface area contributed by atoms with Crippen molar-refractivity contribution in [2.24, 2.45) is 0 Å². The number of aliphatic hydroxyl groups excluding tert-OH is 1. The number of aliphatic hydroxyl groups is 1. The Hall–Kier alpha value is -2.45. The smallest absolute Gasteiger partial charge is 0.146 e. The van der Waals surface area contributed by atoms with Gasteiger partial charge in [0.15, 0.2) is 0 Å². The van der Waals surface area contributed by atoms with Gasteiger partial charge in [0.25, 0.3) is 0 Å². The summed E-state index contributed by atoms with van der Waals surface area (Å²) in [7, 11) is 0. The fourth-order valence-electron chi connectivity index (χ4n) is 4.22. The van der Waals surface area contributed by atoms with Crippen molar-refractivity contribution in [1.29, 1.82) is 0 Å². The lowest BCUT2D eigenvalue weighted by Gasteiger charge is -2.37. The van der Waals surface area contributed by atoms with Crippen molar-refractivity contribution < 1.29 is 9.50 Å². The third-order valence-corrected chi connectivity index (χ3v) is 6.20. The number of β-amino-alcohol motifs (C(OH)–C–C–N with tert-alkyl or cyclic N) is 1. The summed E-state index contributed by atoms with van der Waals surface area (Å²) in [5, 5.41) is 18.9. The molecule has 0 bridgehead atoms. The first-order chi connectivity index (χ1) is 16.1. The standard InChI is InChI=1S/C25H31ClFN5O/c26-19-6-7-21-23(8-11-30-24(21)16-19)29-10-3-9-28-17-20(33)18-31-12-14-32(15-13-31)25-5-2-1-4-22(25)27/h1-2,4-8,11,16,20,28,33H,3,9-10,12-15,17-18H2,(H,29,30)/t20-/m1/s1. The molecule has 3 aromatic rings. The average molecular weight is 472 g/mol. The number of hydrogen-bond donors (Lipinski definition) is 3. The fourth-order valence-corrected chi connectivity index (χ4v) is 4.39. The lowest BCUT2D eigenvalue weighted by Crippen LogP contribution is -2.50. The number of benzene rings is 2. The second-order valence-corrected chi connectivity index (χ2v) is 8.83. The number of halogens is 2. The maximum Gasteiger partial charge on any atom is 0.146 e. The van der Waals surface area contributed by atoms with E-state index in [1.165, 1.54) is 6.07 Å². The number of aromatic nitrogens is 1. The minimum atomic E-state index is -0.424. The molecule has 1 atom stereocenters. The Morgan fingerprint density at radius 2 is 1.88 bits per heavy atom. The summed E-state index contributed by atoms with van der Waals surface area (Å²) in [4.78, 5) is 8.68. The van der Waals surface area contributed by atoms with Gasteiger partial charge in [-0.15, -0.1) is 0 Å². The summed E-state index contributed by atoms with van der Waals surface area (Å²) < 4.78 is 14.0. The van der Waals surface area contributed by atoms with E-state index in [1.54, 1.807) is 12.3 Å². The van der Waals surface area contributed by atoms with Crippen LogP contribution in [0.1, 0.15) is 6.42 Å². The van der Waals surface area contributed by atoms with Crippen molar-refractivity contribution in [2.45, 2.75) is 12.5 Å². The van der Waals surface area contributed by atoms with Gasteiger partial charge in [-0.3, -0.25) is 9.88 Å². The number of rotatable bonds is 10. The van der Waals surface area contributed by atoms with E-state index in [9.17, 15) is 9.50 Å². The molecule has 2 aromatic carbocycles. The van der Waals surface area contributed by atoms with Crippen LogP contribution >= 0.6 is 11.6 Å². The number of para-hydroxylation sites is 1. The molecule has 176 valence electrons. The van der Waals surface area contributed by atoms with Crippen molar-refractivity contribution in [3.8, 4) is 0 Å². The normalized spacial score (nSPS) is 15.7. The molecule has 1 aromatic heterocycles. The van der Waals surface area contributed by atoms with Crippen LogP contribution in [-0.2, 0) is 0 Å². The number of anilines is 2. The summed E-state index contributed by atoms with van der Waals surface area (Å²) in [6.07, 6.45) is 2.30. The second kappa shape index (κ2) is 11.6. The van der Waals surface area contributed by atoms with Gasteiger partial charge in [0.05, 0.1) is 17.3 Å². The molecule has 0 radical (unpaired) electrons. The first kappa shape index (κ1) is 23.7. The summed E-state index contributed by atoms with van der Waals surface area (Å²) in [5.74, 6) is -0.175. The topological polar surface area (TPSA) is 63.7 Å². The Morgan fingerprint density at radius 3 is 2.70 bits per heavy atom. The molecule has 3 N–H and O–H groups in total. The lowest BCUT2D eigenvalue weighted by molar-refractivity contribution is 0.108. The zero-order chi connectivity index (χ0) is 23.0. The third-order valence-electron chi connectivity index (χ3n) is 5.96. The van der Waals surface area contributed by atoms with Gasteiger partial charge in [-0.25, -0.2) is 4.39 Å². The maximum atomic E-state index is 14.0. The third kappa shape index (κ3) is 6.54. The minimum absolute atomic E-state index is 0.175. The largest absolute Gasteiger partial charge is 0.390 e. The molecule has 1 saturated heterocycles. The van der Waals surface area contributed by atoms with E-state index >= 15 is 0 Å². The van der Waals surface area contributed by atoms with Crippen LogP contribution in [0.2, 0.25) is 5.02 Å². The number of nitrogens with zero attached hydrogens (tertiary/aromatic N) is 3. The maximum absolute atomic E-state index is 14.0. The number of nitrogens with one attached hydrogen (secondary N) is 2. The SMILES string of the molecule is O[C@H](CNCCCNc1ccnc2cc(Cl)ccc12)CN1CCN(c2ccccc2F)CC1. The van der Waals surface area contributed by atoms with E-state index in [0.717, 1.165) is 62.3 Å². The molecule has 33 heavy (non-hydrogen) atoms. The van der Waals surface area contributed by atoms with Gasteiger partial charge in [0, 0.05) is 68.1 Å². The van der Waals surface area contributed by atoms with Crippen LogP contribution in [0.25, 0.3) is 10.9 Å². The molecule has 1 aliphatic heterocycles. The highest BCUT2D eigenvalue weighted by atomic mass is 35.5. The predicted molar refractivity (Wildman–Crippen MR) is 134 cm³/mol. The molecular formula is C25H31ClFN5O. The zero-order valence-corrected chi connectivity index (χ0v) is 19.4. The van der Waals surface area contributed by atoms with Crippen molar-refractivity contribution >= 4 is 33.9 Å². The zero-order valence-electron chi connectivity index (χ0n) is 18.7. The van der Waals surface area contributed by atoms with Crippen LogP contribution in [0.3, 0.4) is 0 Å². The highest BCUT2D eigenvalue weighted by molar-refractivity contribution is 6.31. The number of hydrogen-bond acceptors (Lipinski definition) is 6. The van der Waals surface area contributed by atoms with Gasteiger partial charge in [-0.2, -0.15) is 0 Å². The van der Waals surface area contributed by atoms with Crippen molar-refractivity contribution in [1.82, 2.24) is 15.2 Å². The van der Waals surface area contributed by atoms with Crippen LogP contribution in [0.15, 0.2) is 54.7 Å². The number of pyridine rings is 1. The summed E-state index contributed by atoms with van der Waals surface area (Å²) in [6.45, 7) is 6.00. The Kier molecular flexibility index (Phi) is 8.34. The molecule has 8 heteroatoms. The van der Waals surface area contributed by atoms with E-state index in [2.05, 4.69) is 25.4 Å². The van der Waals surface area contributed by atoms with E-state index in [0.29, 0.717) is 23.8 Å². The number of piperazine rings is 1. The van der Waals surface area contributed by atoms with Crippen LogP contribution in [0.4, 0.5) is 15.8 Å². The summed E-state index contributed by atoms with van der Waals surface area (Å²) in [5.41, 5.74) is 2.59. The molecule has 0 saturated carbocycles. The molecule has 0 amide bonds. The second-order valence-electron chi connectivity index (χ2n) is 8.40. The van der Waals surface area contributed by atoms with Crippen LogP contribution in [0, 0.1) is 5.82 Å². The quantitative estimate of drug-likeness (QED) is 0.393. The molecule has 0 unspecified atom stereocenters. The highest BCUT2D eigenvalue weighted by Gasteiger charge is 2.20. The molecule has 0 aliphatic carbocycles. The minimum Gasteiger partial charge on any atom is -0.390 e. The van der Waals surface area contributed by atoms with Crippen molar-refractivity contribution in [3.63, 3.8) is 0 Å². The Balaban J connectivity index is 1.11. The van der Waals surface area contributed by atoms with Gasteiger partial charge in [-0.05, 0) is 49.4 Å². The summed E-state index contributed by atoms with van der Waals surface area (Å²) in [6, 6.07) is 14.6. The Labute approximate surface area is 199 Å². The molecule has 6 nitrogen and oxygen atoms in total. The predicted octanol–water partition coefficient (Wildman–Crippen LogP) is 3.60. The van der Waals surface area contributed by atoms with E-state index in [1.807, 2.05) is 36.4 Å². The van der Waals surface area contributed by atoms with Gasteiger partial charge in [-0.1, -0.05) is 23.7 Å². The van der Waals surface area contributed by atoms with Crippen LogP contribution in [-0.4, -0.2) is 73.5 Å². The van der Waals surface area contributed by atoms with E-state index in [-0.39, 0.29) is 5.82 Å². The first-order valence-corrected chi connectivity index (χ1v) is 11.9. The molecule has 2 heterocycles. The molecular weight excluding hydrogens is 441 g/mol. The van der Waals surface area contributed by atoms with Gasteiger partial charge < -0.3 is 20.6 Å². The molecule has 0 spiro atoms. The number of fused-ring (bicyclic) bond motifs is 1. The monoisotopic (exact) mass is 471 g/mol. The average Bonchev–Trinajstić information content (AvgIpc) is 2.82. The van der Waals surface area contributed by atoms with Crippen molar-refractivity contribution in [2.75, 3.05) is 62.6 Å². The van der Waals surface area contributed by atoms with Crippen LogP contribution in [0.5, 0.6) is 0 Å². The van der Waals surface area contributed by atoms with Gasteiger partial charge in [0.2, 0.25) is 0 Å². The van der Waals surface area contributed by atoms with Gasteiger partial charge >= 0.3 is 0 Å².